The Balaban J connectivity index is 1.64. The Hall–Kier alpha value is -3.89. The molecule has 11 heteroatoms. The minimum atomic E-state index is -0.548. The van der Waals surface area contributed by atoms with Gasteiger partial charge in [0.25, 0.3) is 5.56 Å². The summed E-state index contributed by atoms with van der Waals surface area (Å²) in [5.41, 5.74) is 1.46. The largest absolute Gasteiger partial charge is 0.490 e. The van der Waals surface area contributed by atoms with Gasteiger partial charge >= 0.3 is 5.69 Å². The number of aryl methyl sites for hydroxylation is 1. The first-order chi connectivity index (χ1) is 16.8. The van der Waals surface area contributed by atoms with Crippen LogP contribution in [0, 0.1) is 17.0 Å². The van der Waals surface area contributed by atoms with E-state index in [0.29, 0.717) is 38.0 Å². The van der Waals surface area contributed by atoms with Gasteiger partial charge in [-0.25, -0.2) is 4.98 Å². The van der Waals surface area contributed by atoms with Gasteiger partial charge in [-0.05, 0) is 42.8 Å². The standard InChI is InChI=1S/C24H19ClN4O5S/c1-14-10-20(29(32)33)21(34-2)12-19(14)26-22(30)13-35-24-27-18-9-4-3-8-17(18)23(31)28(24)16-7-5-6-15(25)11-16/h3-12H,13H2,1-2H3,(H,26,30). The van der Waals surface area contributed by atoms with Gasteiger partial charge in [0.2, 0.25) is 5.91 Å². The molecule has 0 saturated carbocycles. The molecule has 1 heterocycles. The highest BCUT2D eigenvalue weighted by atomic mass is 35.5. The van der Waals surface area contributed by atoms with E-state index in [-0.39, 0.29) is 28.7 Å². The number of rotatable bonds is 7. The summed E-state index contributed by atoms with van der Waals surface area (Å²) in [5.74, 6) is -0.409. The molecule has 9 nitrogen and oxygen atoms in total. The molecular weight excluding hydrogens is 492 g/mol. The molecule has 0 saturated heterocycles. The fourth-order valence-electron chi connectivity index (χ4n) is 3.48. The monoisotopic (exact) mass is 510 g/mol. The number of hydrogen-bond donors (Lipinski definition) is 1. The highest BCUT2D eigenvalue weighted by molar-refractivity contribution is 7.99. The molecule has 1 amide bonds. The first-order valence-electron chi connectivity index (χ1n) is 10.3. The molecule has 0 fully saturated rings. The van der Waals surface area contributed by atoms with Gasteiger partial charge in [0.05, 0.1) is 34.4 Å². The molecule has 0 aliphatic carbocycles. The quantitative estimate of drug-likeness (QED) is 0.161. The lowest BCUT2D eigenvalue weighted by Crippen LogP contribution is -2.23. The minimum absolute atomic E-state index is 0.0366. The van der Waals surface area contributed by atoms with Crippen LogP contribution in [-0.2, 0) is 4.79 Å². The smallest absolute Gasteiger partial charge is 0.311 e. The molecule has 0 atom stereocenters. The van der Waals surface area contributed by atoms with E-state index in [1.54, 1.807) is 55.5 Å². The summed E-state index contributed by atoms with van der Waals surface area (Å²) in [7, 11) is 1.32. The molecule has 0 aliphatic heterocycles. The van der Waals surface area contributed by atoms with E-state index in [9.17, 15) is 19.7 Å². The van der Waals surface area contributed by atoms with Crippen LogP contribution in [0.5, 0.6) is 5.75 Å². The number of fused-ring (bicyclic) bond motifs is 1. The van der Waals surface area contributed by atoms with Gasteiger partial charge in [-0.15, -0.1) is 0 Å². The molecule has 0 bridgehead atoms. The number of anilines is 1. The van der Waals surface area contributed by atoms with Crippen molar-refractivity contribution in [2.75, 3.05) is 18.2 Å². The SMILES string of the molecule is COc1cc(NC(=O)CSc2nc3ccccc3c(=O)n2-c2cccc(Cl)c2)c(C)cc1[N+](=O)[O-]. The molecule has 0 unspecified atom stereocenters. The zero-order chi connectivity index (χ0) is 25.1. The summed E-state index contributed by atoms with van der Waals surface area (Å²) in [6.07, 6.45) is 0. The minimum Gasteiger partial charge on any atom is -0.490 e. The van der Waals surface area contributed by atoms with Crippen LogP contribution in [0.25, 0.3) is 16.6 Å². The van der Waals surface area contributed by atoms with Crippen LogP contribution < -0.4 is 15.6 Å². The normalized spacial score (nSPS) is 10.8. The molecule has 178 valence electrons. The number of aromatic nitrogens is 2. The lowest BCUT2D eigenvalue weighted by atomic mass is 10.1. The number of nitro benzene ring substituents is 1. The van der Waals surface area contributed by atoms with E-state index in [1.807, 2.05) is 0 Å². The van der Waals surface area contributed by atoms with E-state index in [1.165, 1.54) is 23.8 Å². The van der Waals surface area contributed by atoms with Crippen molar-refractivity contribution in [2.24, 2.45) is 0 Å². The number of benzene rings is 3. The number of amides is 1. The molecule has 0 radical (unpaired) electrons. The Morgan fingerprint density at radius 1 is 1.20 bits per heavy atom. The highest BCUT2D eigenvalue weighted by Gasteiger charge is 2.19. The number of ether oxygens (including phenoxy) is 1. The molecule has 3 aromatic carbocycles. The predicted molar refractivity (Wildman–Crippen MR) is 136 cm³/mol. The fourth-order valence-corrected chi connectivity index (χ4v) is 4.48. The van der Waals surface area contributed by atoms with Crippen molar-refractivity contribution in [3.8, 4) is 11.4 Å². The maximum atomic E-state index is 13.3. The molecule has 4 rings (SSSR count). The molecule has 1 aromatic heterocycles. The first-order valence-corrected chi connectivity index (χ1v) is 11.7. The van der Waals surface area contributed by atoms with Crippen LogP contribution in [-0.4, -0.2) is 33.2 Å². The van der Waals surface area contributed by atoms with E-state index in [4.69, 9.17) is 16.3 Å². The zero-order valence-electron chi connectivity index (χ0n) is 18.6. The molecule has 1 N–H and O–H groups in total. The summed E-state index contributed by atoms with van der Waals surface area (Å²) in [5, 5.41) is 15.2. The average Bonchev–Trinajstić information content (AvgIpc) is 2.83. The third kappa shape index (κ3) is 5.13. The van der Waals surface area contributed by atoms with Crippen molar-refractivity contribution < 1.29 is 14.5 Å². The number of para-hydroxylation sites is 1. The van der Waals surface area contributed by atoms with Crippen molar-refractivity contribution in [3.63, 3.8) is 0 Å². The molecule has 0 spiro atoms. The number of carbonyl (C=O) groups excluding carboxylic acids is 1. The topological polar surface area (TPSA) is 116 Å². The van der Waals surface area contributed by atoms with Crippen LogP contribution >= 0.6 is 23.4 Å². The zero-order valence-corrected chi connectivity index (χ0v) is 20.2. The van der Waals surface area contributed by atoms with Gasteiger partial charge in [0, 0.05) is 22.8 Å². The van der Waals surface area contributed by atoms with Gasteiger partial charge < -0.3 is 10.1 Å². The lowest BCUT2D eigenvalue weighted by molar-refractivity contribution is -0.385. The number of thioether (sulfide) groups is 1. The number of hydrogen-bond acceptors (Lipinski definition) is 7. The predicted octanol–water partition coefficient (Wildman–Crippen LogP) is 5.00. The second-order valence-corrected chi connectivity index (χ2v) is 8.84. The lowest BCUT2D eigenvalue weighted by Gasteiger charge is -2.14. The van der Waals surface area contributed by atoms with Crippen LogP contribution in [0.3, 0.4) is 0 Å². The fraction of sp³-hybridized carbons (Fsp3) is 0.125. The Morgan fingerprint density at radius 2 is 1.97 bits per heavy atom. The second-order valence-electron chi connectivity index (χ2n) is 7.46. The van der Waals surface area contributed by atoms with Gasteiger partial charge in [0.1, 0.15) is 0 Å². The second kappa shape index (κ2) is 10.2. The van der Waals surface area contributed by atoms with Gasteiger partial charge in [-0.2, -0.15) is 0 Å². The molecule has 35 heavy (non-hydrogen) atoms. The van der Waals surface area contributed by atoms with Crippen molar-refractivity contribution in [1.29, 1.82) is 0 Å². The van der Waals surface area contributed by atoms with E-state index in [2.05, 4.69) is 10.3 Å². The van der Waals surface area contributed by atoms with Crippen LogP contribution in [0.4, 0.5) is 11.4 Å². The average molecular weight is 511 g/mol. The third-order valence-corrected chi connectivity index (χ3v) is 6.31. The summed E-state index contributed by atoms with van der Waals surface area (Å²) in [6, 6.07) is 16.5. The van der Waals surface area contributed by atoms with Crippen LogP contribution in [0.15, 0.2) is 70.6 Å². The molecular formula is C24H19ClN4O5S. The number of nitro groups is 1. The van der Waals surface area contributed by atoms with Crippen molar-refractivity contribution in [1.82, 2.24) is 9.55 Å². The van der Waals surface area contributed by atoms with E-state index < -0.39 is 4.92 Å². The number of methoxy groups -OCH3 is 1. The van der Waals surface area contributed by atoms with Gasteiger partial charge in [-0.3, -0.25) is 24.3 Å². The summed E-state index contributed by atoms with van der Waals surface area (Å²) < 4.78 is 6.51. The third-order valence-electron chi connectivity index (χ3n) is 5.14. The van der Waals surface area contributed by atoms with Gasteiger partial charge in [-0.1, -0.05) is 41.6 Å². The van der Waals surface area contributed by atoms with Gasteiger partial charge in [0.15, 0.2) is 10.9 Å². The maximum Gasteiger partial charge on any atom is 0.311 e. The number of carbonyl (C=O) groups is 1. The van der Waals surface area contributed by atoms with Crippen LogP contribution in [0.1, 0.15) is 5.56 Å². The Morgan fingerprint density at radius 3 is 2.69 bits per heavy atom. The summed E-state index contributed by atoms with van der Waals surface area (Å²) >= 11 is 7.23. The van der Waals surface area contributed by atoms with Crippen LogP contribution in [0.2, 0.25) is 5.02 Å². The number of nitrogens with one attached hydrogen (secondary N) is 1. The van der Waals surface area contributed by atoms with Crippen molar-refractivity contribution >= 4 is 51.5 Å². The number of nitrogens with zero attached hydrogens (tertiary/aromatic N) is 3. The van der Waals surface area contributed by atoms with Crippen molar-refractivity contribution in [3.05, 3.63) is 91.7 Å². The molecule has 4 aromatic rings. The van der Waals surface area contributed by atoms with Crippen molar-refractivity contribution in [2.45, 2.75) is 12.1 Å². The summed E-state index contributed by atoms with van der Waals surface area (Å²) in [6.45, 7) is 1.65. The van der Waals surface area contributed by atoms with E-state index in [0.717, 1.165) is 11.8 Å². The Kier molecular flexibility index (Phi) is 7.04. The first kappa shape index (κ1) is 24.2. The molecule has 0 aliphatic rings. The Bertz CT molecular complexity index is 1520. The maximum absolute atomic E-state index is 13.3. The highest BCUT2D eigenvalue weighted by Crippen LogP contribution is 2.33. The number of halogens is 1. The van der Waals surface area contributed by atoms with E-state index >= 15 is 0 Å². The summed E-state index contributed by atoms with van der Waals surface area (Å²) in [4.78, 5) is 41.3. The Labute approximate surface area is 208 Å².